The Balaban J connectivity index is 1.46. The van der Waals surface area contributed by atoms with Crippen LogP contribution in [0.25, 0.3) is 10.2 Å². The van der Waals surface area contributed by atoms with Gasteiger partial charge in [0.15, 0.2) is 0 Å². The number of aromatic nitrogens is 2. The van der Waals surface area contributed by atoms with E-state index in [0.29, 0.717) is 0 Å². The van der Waals surface area contributed by atoms with Crippen LogP contribution in [0.2, 0.25) is 0 Å². The molecule has 0 unspecified atom stereocenters. The van der Waals surface area contributed by atoms with Gasteiger partial charge >= 0.3 is 0 Å². The molecule has 132 valence electrons. The van der Waals surface area contributed by atoms with Gasteiger partial charge in [-0.25, -0.2) is 9.97 Å². The van der Waals surface area contributed by atoms with Gasteiger partial charge in [0, 0.05) is 37.6 Å². The lowest BCUT2D eigenvalue weighted by molar-refractivity contribution is 0.285. The van der Waals surface area contributed by atoms with Crippen LogP contribution in [0.4, 0.5) is 5.82 Å². The Bertz CT molecular complexity index is 941. The van der Waals surface area contributed by atoms with Crippen molar-refractivity contribution in [1.29, 1.82) is 5.26 Å². The van der Waals surface area contributed by atoms with E-state index in [1.165, 1.54) is 15.8 Å². The van der Waals surface area contributed by atoms with Crippen LogP contribution in [0.5, 0.6) is 0 Å². The summed E-state index contributed by atoms with van der Waals surface area (Å²) in [6, 6.07) is 12.3. The molecule has 5 nitrogen and oxygen atoms in total. The molecular formula is C20H21N5S. The van der Waals surface area contributed by atoms with Gasteiger partial charge in [0.25, 0.3) is 0 Å². The lowest BCUT2D eigenvalue weighted by Gasteiger charge is -2.23. The van der Waals surface area contributed by atoms with E-state index in [-0.39, 0.29) is 0 Å². The van der Waals surface area contributed by atoms with E-state index in [1.54, 1.807) is 17.7 Å². The first-order chi connectivity index (χ1) is 12.7. The lowest BCUT2D eigenvalue weighted by Crippen LogP contribution is -2.31. The van der Waals surface area contributed by atoms with Crippen LogP contribution in [0.15, 0.2) is 36.7 Å². The summed E-state index contributed by atoms with van der Waals surface area (Å²) in [5.74, 6) is 1.07. The van der Waals surface area contributed by atoms with Gasteiger partial charge in [0.1, 0.15) is 17.0 Å². The average molecular weight is 363 g/mol. The molecule has 26 heavy (non-hydrogen) atoms. The second-order valence-corrected chi connectivity index (χ2v) is 7.93. The molecule has 4 rings (SSSR count). The van der Waals surface area contributed by atoms with Gasteiger partial charge in [-0.15, -0.1) is 11.3 Å². The Morgan fingerprint density at radius 1 is 1.12 bits per heavy atom. The fourth-order valence-corrected chi connectivity index (χ4v) is 4.34. The molecular weight excluding hydrogens is 342 g/mol. The highest BCUT2D eigenvalue weighted by molar-refractivity contribution is 7.18. The Morgan fingerprint density at radius 3 is 2.77 bits per heavy atom. The lowest BCUT2D eigenvalue weighted by atomic mass is 10.1. The van der Waals surface area contributed by atoms with Crippen LogP contribution >= 0.6 is 11.3 Å². The van der Waals surface area contributed by atoms with Crippen molar-refractivity contribution in [2.75, 3.05) is 31.1 Å². The van der Waals surface area contributed by atoms with Crippen LogP contribution in [0.1, 0.15) is 22.4 Å². The van der Waals surface area contributed by atoms with Gasteiger partial charge in [-0.1, -0.05) is 12.1 Å². The first-order valence-corrected chi connectivity index (χ1v) is 9.72. The molecule has 0 radical (unpaired) electrons. The minimum absolute atomic E-state index is 0.717. The van der Waals surface area contributed by atoms with Crippen molar-refractivity contribution in [3.05, 3.63) is 52.7 Å². The summed E-state index contributed by atoms with van der Waals surface area (Å²) < 4.78 is 0. The topological polar surface area (TPSA) is 56.0 Å². The number of hydrogen-bond donors (Lipinski definition) is 0. The predicted molar refractivity (Wildman–Crippen MR) is 105 cm³/mol. The van der Waals surface area contributed by atoms with Crippen LogP contribution in [-0.2, 0) is 6.54 Å². The quantitative estimate of drug-likeness (QED) is 0.712. The Labute approximate surface area is 157 Å². The maximum Gasteiger partial charge on any atom is 0.140 e. The highest BCUT2D eigenvalue weighted by Crippen LogP contribution is 2.30. The summed E-state index contributed by atoms with van der Waals surface area (Å²) in [6.07, 6.45) is 2.80. The zero-order chi connectivity index (χ0) is 17.9. The number of aryl methyl sites for hydroxylation is 1. The van der Waals surface area contributed by atoms with Gasteiger partial charge < -0.3 is 4.90 Å². The summed E-state index contributed by atoms with van der Waals surface area (Å²) in [5, 5.41) is 10.1. The van der Waals surface area contributed by atoms with E-state index < -0.39 is 0 Å². The summed E-state index contributed by atoms with van der Waals surface area (Å²) >= 11 is 1.73. The van der Waals surface area contributed by atoms with Crippen molar-refractivity contribution in [1.82, 2.24) is 14.9 Å². The third-order valence-corrected chi connectivity index (χ3v) is 5.77. The van der Waals surface area contributed by atoms with Gasteiger partial charge in [-0.3, -0.25) is 4.90 Å². The van der Waals surface area contributed by atoms with Crippen LogP contribution in [0.3, 0.4) is 0 Å². The van der Waals surface area contributed by atoms with Crippen molar-refractivity contribution in [3.8, 4) is 6.07 Å². The molecule has 6 heteroatoms. The van der Waals surface area contributed by atoms with Crippen LogP contribution in [0, 0.1) is 18.3 Å². The molecule has 0 bridgehead atoms. The number of nitriles is 1. The molecule has 1 fully saturated rings. The maximum absolute atomic E-state index is 8.93. The number of rotatable bonds is 3. The number of nitrogens with zero attached hydrogens (tertiary/aromatic N) is 5. The second-order valence-electron chi connectivity index (χ2n) is 6.70. The molecule has 3 heterocycles. The van der Waals surface area contributed by atoms with Gasteiger partial charge in [-0.2, -0.15) is 5.26 Å². The van der Waals surface area contributed by atoms with E-state index in [9.17, 15) is 0 Å². The third-order valence-electron chi connectivity index (χ3n) is 4.81. The minimum Gasteiger partial charge on any atom is -0.355 e. The number of fused-ring (bicyclic) bond motifs is 1. The molecule has 0 N–H and O–H groups in total. The maximum atomic E-state index is 8.93. The molecule has 1 saturated heterocycles. The fourth-order valence-electron chi connectivity index (χ4n) is 3.50. The normalized spacial score (nSPS) is 15.8. The number of anilines is 1. The molecule has 1 aliphatic rings. The van der Waals surface area contributed by atoms with E-state index in [0.717, 1.165) is 55.4 Å². The van der Waals surface area contributed by atoms with Gasteiger partial charge in [0.2, 0.25) is 0 Å². The molecule has 1 aliphatic heterocycles. The summed E-state index contributed by atoms with van der Waals surface area (Å²) in [6.45, 7) is 7.12. The van der Waals surface area contributed by atoms with Gasteiger partial charge in [-0.05, 0) is 37.1 Å². The minimum atomic E-state index is 0.717. The average Bonchev–Trinajstić information content (AvgIpc) is 2.89. The fraction of sp³-hybridized carbons (Fsp3) is 0.350. The SMILES string of the molecule is Cc1cc2c(N3CCCN(Cc4ccc(C#N)cc4)CC3)ncnc2s1. The first kappa shape index (κ1) is 17.0. The van der Waals surface area contributed by atoms with E-state index in [4.69, 9.17) is 5.26 Å². The molecule has 0 saturated carbocycles. The number of thiophene rings is 1. The van der Waals surface area contributed by atoms with Crippen LogP contribution < -0.4 is 4.90 Å². The smallest absolute Gasteiger partial charge is 0.140 e. The monoisotopic (exact) mass is 363 g/mol. The zero-order valence-electron chi connectivity index (χ0n) is 14.9. The number of benzene rings is 1. The standard InChI is InChI=1S/C20H21N5S/c1-15-11-18-19(22-14-23-20(18)26-15)25-8-2-7-24(9-10-25)13-17-5-3-16(12-21)4-6-17/h3-6,11,14H,2,7-10,13H2,1H3. The Morgan fingerprint density at radius 2 is 1.96 bits per heavy atom. The summed E-state index contributed by atoms with van der Waals surface area (Å²) in [5.41, 5.74) is 1.98. The predicted octanol–water partition coefficient (Wildman–Crippen LogP) is 3.58. The van der Waals surface area contributed by atoms with E-state index >= 15 is 0 Å². The van der Waals surface area contributed by atoms with Crippen LogP contribution in [-0.4, -0.2) is 41.0 Å². The van der Waals surface area contributed by atoms with Crippen molar-refractivity contribution >= 4 is 27.4 Å². The molecule has 1 aromatic carbocycles. The third kappa shape index (κ3) is 3.55. The molecule has 0 amide bonds. The summed E-state index contributed by atoms with van der Waals surface area (Å²) in [7, 11) is 0. The number of hydrogen-bond acceptors (Lipinski definition) is 6. The van der Waals surface area contributed by atoms with E-state index in [2.05, 4.69) is 51.0 Å². The second kappa shape index (κ2) is 7.40. The zero-order valence-corrected chi connectivity index (χ0v) is 15.7. The highest BCUT2D eigenvalue weighted by atomic mass is 32.1. The molecule has 2 aromatic heterocycles. The highest BCUT2D eigenvalue weighted by Gasteiger charge is 2.19. The van der Waals surface area contributed by atoms with Crippen molar-refractivity contribution < 1.29 is 0 Å². The van der Waals surface area contributed by atoms with Crippen molar-refractivity contribution in [2.45, 2.75) is 19.9 Å². The Hall–Kier alpha value is -2.49. The molecule has 0 atom stereocenters. The first-order valence-electron chi connectivity index (χ1n) is 8.90. The summed E-state index contributed by atoms with van der Waals surface area (Å²) in [4.78, 5) is 16.2. The largest absolute Gasteiger partial charge is 0.355 e. The van der Waals surface area contributed by atoms with Gasteiger partial charge in [0.05, 0.1) is 17.0 Å². The van der Waals surface area contributed by atoms with E-state index in [1.807, 2.05) is 12.1 Å². The van der Waals surface area contributed by atoms with Crippen molar-refractivity contribution in [3.63, 3.8) is 0 Å². The molecule has 0 spiro atoms. The van der Waals surface area contributed by atoms with Crippen molar-refractivity contribution in [2.24, 2.45) is 0 Å². The molecule has 0 aliphatic carbocycles. The Kier molecular flexibility index (Phi) is 4.83. The molecule has 3 aromatic rings.